The van der Waals surface area contributed by atoms with Crippen LogP contribution in [0.5, 0.6) is 5.75 Å². The second-order valence-corrected chi connectivity index (χ2v) is 4.31. The first-order valence-corrected chi connectivity index (χ1v) is 5.79. The van der Waals surface area contributed by atoms with Crippen molar-refractivity contribution < 1.29 is 18.7 Å². The molecular formula is C13H8F2N4O2. The average Bonchev–Trinajstić information content (AvgIpc) is 2.84. The summed E-state index contributed by atoms with van der Waals surface area (Å²) in [5, 5.41) is 13.7. The number of hydrogen-bond donors (Lipinski definition) is 2. The van der Waals surface area contributed by atoms with Crippen molar-refractivity contribution in [3.05, 3.63) is 47.9 Å². The molecular weight excluding hydrogens is 282 g/mol. The highest BCUT2D eigenvalue weighted by molar-refractivity contribution is 5.96. The summed E-state index contributed by atoms with van der Waals surface area (Å²) >= 11 is 0. The van der Waals surface area contributed by atoms with Crippen molar-refractivity contribution >= 4 is 11.6 Å². The number of pyridine rings is 1. The number of nitrogens with two attached hydrogens (primary N) is 1. The van der Waals surface area contributed by atoms with E-state index in [1.165, 1.54) is 6.07 Å². The fourth-order valence-corrected chi connectivity index (χ4v) is 2.12. The maximum Gasteiger partial charge on any atom is 0.271 e. The molecule has 1 aromatic carbocycles. The Morgan fingerprint density at radius 1 is 1.19 bits per heavy atom. The molecule has 0 aliphatic heterocycles. The van der Waals surface area contributed by atoms with Gasteiger partial charge >= 0.3 is 0 Å². The van der Waals surface area contributed by atoms with Crippen LogP contribution in [-0.4, -0.2) is 25.6 Å². The van der Waals surface area contributed by atoms with Crippen LogP contribution in [0.25, 0.3) is 16.8 Å². The van der Waals surface area contributed by atoms with E-state index in [1.54, 1.807) is 0 Å². The lowest BCUT2D eigenvalue weighted by Gasteiger charge is -2.09. The summed E-state index contributed by atoms with van der Waals surface area (Å²) < 4.78 is 27.7. The number of halogens is 2. The Morgan fingerprint density at radius 2 is 1.86 bits per heavy atom. The summed E-state index contributed by atoms with van der Waals surface area (Å²) in [6.07, 6.45) is 1.14. The van der Waals surface area contributed by atoms with Crippen molar-refractivity contribution in [2.75, 3.05) is 0 Å². The Hall–Kier alpha value is -3.03. The van der Waals surface area contributed by atoms with E-state index in [1.807, 2.05) is 0 Å². The molecule has 0 atom stereocenters. The van der Waals surface area contributed by atoms with Crippen LogP contribution >= 0.6 is 0 Å². The summed E-state index contributed by atoms with van der Waals surface area (Å²) in [4.78, 5) is 15.3. The van der Waals surface area contributed by atoms with Crippen LogP contribution in [0.4, 0.5) is 8.78 Å². The van der Waals surface area contributed by atoms with E-state index >= 15 is 0 Å². The molecule has 3 aromatic rings. The fourth-order valence-electron chi connectivity index (χ4n) is 2.12. The molecule has 0 saturated heterocycles. The third kappa shape index (κ3) is 2.06. The number of rotatable bonds is 2. The molecule has 2 heterocycles. The summed E-state index contributed by atoms with van der Waals surface area (Å²) in [6, 6.07) is 4.05. The summed E-state index contributed by atoms with van der Waals surface area (Å²) in [5.41, 5.74) is 5.42. The van der Waals surface area contributed by atoms with E-state index in [0.717, 1.165) is 29.0 Å². The Morgan fingerprint density at radius 3 is 2.48 bits per heavy atom. The standard InChI is InChI=1S/C13H8F2N4O2/c14-7-1-6(2-8(15)3-7)9-4-10(20)11(12(16)21)19-13(9)17-5-18-19/h1-5,20H,(H2,16,21). The monoisotopic (exact) mass is 290 g/mol. The molecule has 1 amide bonds. The number of aromatic hydroxyl groups is 1. The highest BCUT2D eigenvalue weighted by atomic mass is 19.1. The van der Waals surface area contributed by atoms with E-state index in [9.17, 15) is 18.7 Å². The number of primary amides is 1. The fraction of sp³-hybridized carbons (Fsp3) is 0. The van der Waals surface area contributed by atoms with Gasteiger partial charge in [-0.1, -0.05) is 0 Å². The summed E-state index contributed by atoms with van der Waals surface area (Å²) in [7, 11) is 0. The Labute approximate surface area is 116 Å². The van der Waals surface area contributed by atoms with Crippen LogP contribution in [0, 0.1) is 11.6 Å². The molecule has 0 aliphatic rings. The van der Waals surface area contributed by atoms with E-state index in [-0.39, 0.29) is 22.5 Å². The smallest absolute Gasteiger partial charge is 0.271 e. The zero-order valence-electron chi connectivity index (χ0n) is 10.4. The van der Waals surface area contributed by atoms with Crippen LogP contribution in [0.3, 0.4) is 0 Å². The molecule has 6 nitrogen and oxygen atoms in total. The van der Waals surface area contributed by atoms with Crippen molar-refractivity contribution in [2.45, 2.75) is 0 Å². The van der Waals surface area contributed by atoms with Gasteiger partial charge in [-0.2, -0.15) is 5.10 Å². The van der Waals surface area contributed by atoms with Gasteiger partial charge in [0.25, 0.3) is 5.91 Å². The zero-order valence-corrected chi connectivity index (χ0v) is 10.4. The molecule has 3 N–H and O–H groups in total. The minimum atomic E-state index is -0.903. The topological polar surface area (TPSA) is 93.5 Å². The predicted molar refractivity (Wildman–Crippen MR) is 68.5 cm³/mol. The normalized spacial score (nSPS) is 11.0. The van der Waals surface area contributed by atoms with Crippen molar-refractivity contribution in [1.29, 1.82) is 0 Å². The minimum Gasteiger partial charge on any atom is -0.505 e. The van der Waals surface area contributed by atoms with Gasteiger partial charge in [0.05, 0.1) is 0 Å². The van der Waals surface area contributed by atoms with Crippen molar-refractivity contribution in [3.8, 4) is 16.9 Å². The molecule has 2 aromatic heterocycles. The first kappa shape index (κ1) is 13.0. The zero-order chi connectivity index (χ0) is 15.1. The molecule has 106 valence electrons. The van der Waals surface area contributed by atoms with Gasteiger partial charge < -0.3 is 10.8 Å². The van der Waals surface area contributed by atoms with Crippen molar-refractivity contribution in [1.82, 2.24) is 14.6 Å². The molecule has 0 saturated carbocycles. The molecule has 0 spiro atoms. The first-order chi connectivity index (χ1) is 9.97. The van der Waals surface area contributed by atoms with E-state index in [0.29, 0.717) is 0 Å². The van der Waals surface area contributed by atoms with Crippen LogP contribution < -0.4 is 5.73 Å². The van der Waals surface area contributed by atoms with Crippen molar-refractivity contribution in [3.63, 3.8) is 0 Å². The Bertz CT molecular complexity index is 856. The summed E-state index contributed by atoms with van der Waals surface area (Å²) in [5.74, 6) is -2.91. The first-order valence-electron chi connectivity index (χ1n) is 5.79. The van der Waals surface area contributed by atoms with Gasteiger partial charge in [-0.15, -0.1) is 0 Å². The molecule has 0 radical (unpaired) electrons. The number of aromatic nitrogens is 3. The van der Waals surface area contributed by atoms with Gasteiger partial charge in [0.15, 0.2) is 11.3 Å². The molecule has 8 heteroatoms. The predicted octanol–water partition coefficient (Wildman–Crippen LogP) is 1.48. The van der Waals surface area contributed by atoms with Crippen LogP contribution in [0.2, 0.25) is 0 Å². The third-order valence-electron chi connectivity index (χ3n) is 2.93. The lowest BCUT2D eigenvalue weighted by atomic mass is 10.1. The molecule has 0 aliphatic carbocycles. The molecule has 3 rings (SSSR count). The van der Waals surface area contributed by atoms with Gasteiger partial charge in [0.2, 0.25) is 0 Å². The van der Waals surface area contributed by atoms with Crippen molar-refractivity contribution in [2.24, 2.45) is 5.73 Å². The molecule has 0 bridgehead atoms. The van der Waals surface area contributed by atoms with Crippen LogP contribution in [0.1, 0.15) is 10.5 Å². The van der Waals surface area contributed by atoms with E-state index < -0.39 is 23.3 Å². The van der Waals surface area contributed by atoms with Gasteiger partial charge in [0.1, 0.15) is 23.7 Å². The highest BCUT2D eigenvalue weighted by Gasteiger charge is 2.19. The van der Waals surface area contributed by atoms with Gasteiger partial charge in [-0.25, -0.2) is 18.3 Å². The molecule has 21 heavy (non-hydrogen) atoms. The molecule has 0 unspecified atom stereocenters. The number of nitrogens with zero attached hydrogens (tertiary/aromatic N) is 3. The second kappa shape index (κ2) is 4.51. The lowest BCUT2D eigenvalue weighted by Crippen LogP contribution is -2.16. The maximum absolute atomic E-state index is 13.3. The van der Waals surface area contributed by atoms with Crippen LogP contribution in [-0.2, 0) is 0 Å². The van der Waals surface area contributed by atoms with Gasteiger partial charge in [-0.05, 0) is 23.8 Å². The summed E-state index contributed by atoms with van der Waals surface area (Å²) in [6.45, 7) is 0. The number of carbonyl (C=O) groups is 1. The minimum absolute atomic E-state index is 0.145. The van der Waals surface area contributed by atoms with Gasteiger partial charge in [0, 0.05) is 11.6 Å². The Kier molecular flexibility index (Phi) is 2.79. The van der Waals surface area contributed by atoms with Gasteiger partial charge in [-0.3, -0.25) is 4.79 Å². The largest absolute Gasteiger partial charge is 0.505 e. The maximum atomic E-state index is 13.3. The Balaban J connectivity index is 2.36. The highest BCUT2D eigenvalue weighted by Crippen LogP contribution is 2.30. The number of carbonyl (C=O) groups excluding carboxylic acids is 1. The number of benzene rings is 1. The van der Waals surface area contributed by atoms with E-state index in [4.69, 9.17) is 5.73 Å². The number of fused-ring (bicyclic) bond motifs is 1. The van der Waals surface area contributed by atoms with E-state index in [2.05, 4.69) is 10.1 Å². The lowest BCUT2D eigenvalue weighted by molar-refractivity contribution is 0.0990. The third-order valence-corrected chi connectivity index (χ3v) is 2.93. The SMILES string of the molecule is NC(=O)c1c(O)cc(-c2cc(F)cc(F)c2)c2ncnn12. The average molecular weight is 290 g/mol. The molecule has 0 fully saturated rings. The number of amides is 1. The second-order valence-electron chi connectivity index (χ2n) is 4.31. The number of hydrogen-bond acceptors (Lipinski definition) is 4. The van der Waals surface area contributed by atoms with Crippen LogP contribution in [0.15, 0.2) is 30.6 Å². The quantitative estimate of drug-likeness (QED) is 0.747.